The topological polar surface area (TPSA) is 82.8 Å². The minimum atomic E-state index is -0.363. The first-order chi connectivity index (χ1) is 16.5. The summed E-state index contributed by atoms with van der Waals surface area (Å²) in [5.74, 6) is -0.363. The highest BCUT2D eigenvalue weighted by molar-refractivity contribution is 7.19. The Hall–Kier alpha value is -3.34. The van der Waals surface area contributed by atoms with E-state index in [9.17, 15) is 14.0 Å². The summed E-state index contributed by atoms with van der Waals surface area (Å²) < 4.78 is 14.8. The first-order valence-corrected chi connectivity index (χ1v) is 11.8. The number of carbonyl (C=O) groups is 1. The molecule has 0 spiro atoms. The van der Waals surface area contributed by atoms with E-state index >= 15 is 0 Å². The van der Waals surface area contributed by atoms with E-state index in [0.717, 1.165) is 0 Å². The van der Waals surface area contributed by atoms with Crippen LogP contribution in [0.25, 0.3) is 15.5 Å². The average molecular weight is 499 g/mol. The largest absolute Gasteiger partial charge is 0.322 e. The van der Waals surface area contributed by atoms with Crippen LogP contribution in [0.1, 0.15) is 5.69 Å². The van der Waals surface area contributed by atoms with E-state index in [1.54, 1.807) is 29.2 Å². The minimum Gasteiger partial charge on any atom is -0.322 e. The number of amides is 2. The summed E-state index contributed by atoms with van der Waals surface area (Å²) in [5.41, 5.74) is 1.53. The van der Waals surface area contributed by atoms with Gasteiger partial charge in [0.2, 0.25) is 4.96 Å². The van der Waals surface area contributed by atoms with Crippen LogP contribution >= 0.6 is 22.9 Å². The van der Waals surface area contributed by atoms with Crippen molar-refractivity contribution in [2.75, 3.05) is 31.5 Å². The predicted octanol–water partition coefficient (Wildman–Crippen LogP) is 3.96. The predicted molar refractivity (Wildman–Crippen MR) is 130 cm³/mol. The number of para-hydroxylation sites is 1. The number of piperazine rings is 1. The SMILES string of the molecule is O=C(Nc1ccccc1Cl)N1CCN(Cc2cc(=O)n3nc(-c4cccc(F)c4)sc3n2)CC1. The van der Waals surface area contributed by atoms with Crippen molar-refractivity contribution in [2.24, 2.45) is 0 Å². The Morgan fingerprint density at radius 3 is 2.65 bits per heavy atom. The number of anilines is 1. The summed E-state index contributed by atoms with van der Waals surface area (Å²) >= 11 is 7.36. The van der Waals surface area contributed by atoms with Crippen molar-refractivity contribution >= 4 is 39.6 Å². The van der Waals surface area contributed by atoms with Crippen molar-refractivity contribution in [1.82, 2.24) is 24.4 Å². The maximum atomic E-state index is 13.6. The number of hydrogen-bond donors (Lipinski definition) is 1. The van der Waals surface area contributed by atoms with Crippen LogP contribution in [0.2, 0.25) is 5.02 Å². The highest BCUT2D eigenvalue weighted by Crippen LogP contribution is 2.25. The Labute approximate surface area is 203 Å². The summed E-state index contributed by atoms with van der Waals surface area (Å²) in [6, 6.07) is 14.5. The first-order valence-electron chi connectivity index (χ1n) is 10.6. The van der Waals surface area contributed by atoms with Crippen molar-refractivity contribution in [1.29, 1.82) is 0 Å². The molecular formula is C23H20ClFN6O2S. The number of urea groups is 1. The van der Waals surface area contributed by atoms with Gasteiger partial charge >= 0.3 is 6.03 Å². The van der Waals surface area contributed by atoms with Crippen LogP contribution in [0.5, 0.6) is 0 Å². The Balaban J connectivity index is 1.24. The number of fused-ring (bicyclic) bond motifs is 1. The summed E-state index contributed by atoms with van der Waals surface area (Å²) in [7, 11) is 0. The molecule has 0 saturated carbocycles. The van der Waals surface area contributed by atoms with Crippen molar-refractivity contribution < 1.29 is 9.18 Å². The van der Waals surface area contributed by atoms with Crippen LogP contribution in [-0.2, 0) is 6.54 Å². The molecule has 2 amide bonds. The lowest BCUT2D eigenvalue weighted by Crippen LogP contribution is -2.49. The fourth-order valence-electron chi connectivity index (χ4n) is 3.77. The van der Waals surface area contributed by atoms with Gasteiger partial charge in [-0.1, -0.05) is 47.2 Å². The summed E-state index contributed by atoms with van der Waals surface area (Å²) in [4.78, 5) is 34.1. The van der Waals surface area contributed by atoms with Crippen LogP contribution in [0.15, 0.2) is 59.4 Å². The van der Waals surface area contributed by atoms with Crippen LogP contribution in [0.4, 0.5) is 14.9 Å². The van der Waals surface area contributed by atoms with Crippen molar-refractivity contribution in [3.05, 3.63) is 81.5 Å². The van der Waals surface area contributed by atoms with Crippen molar-refractivity contribution in [3.63, 3.8) is 0 Å². The summed E-state index contributed by atoms with van der Waals surface area (Å²) in [6.07, 6.45) is 0. The number of hydrogen-bond acceptors (Lipinski definition) is 6. The lowest BCUT2D eigenvalue weighted by atomic mass is 10.2. The monoisotopic (exact) mass is 498 g/mol. The van der Waals surface area contributed by atoms with E-state index in [1.807, 2.05) is 12.1 Å². The van der Waals surface area contributed by atoms with E-state index < -0.39 is 0 Å². The highest BCUT2D eigenvalue weighted by Gasteiger charge is 2.22. The van der Waals surface area contributed by atoms with Crippen LogP contribution in [0, 0.1) is 5.82 Å². The maximum absolute atomic E-state index is 13.6. The maximum Gasteiger partial charge on any atom is 0.321 e. The quantitative estimate of drug-likeness (QED) is 0.460. The third-order valence-electron chi connectivity index (χ3n) is 5.53. The Kier molecular flexibility index (Phi) is 6.27. The van der Waals surface area contributed by atoms with E-state index in [0.29, 0.717) is 64.7 Å². The fraction of sp³-hybridized carbons (Fsp3) is 0.217. The van der Waals surface area contributed by atoms with Gasteiger partial charge in [-0.3, -0.25) is 9.69 Å². The van der Waals surface area contributed by atoms with E-state index in [-0.39, 0.29) is 17.4 Å². The molecule has 2 aromatic heterocycles. The molecule has 0 aliphatic carbocycles. The molecule has 1 fully saturated rings. The Bertz CT molecular complexity index is 1420. The van der Waals surface area contributed by atoms with Crippen LogP contribution in [-0.4, -0.2) is 56.6 Å². The molecule has 5 rings (SSSR count). The van der Waals surface area contributed by atoms with E-state index in [1.165, 1.54) is 34.1 Å². The van der Waals surface area contributed by atoms with Gasteiger partial charge in [0.05, 0.1) is 16.4 Å². The van der Waals surface area contributed by atoms with Gasteiger partial charge in [-0.05, 0) is 24.3 Å². The molecule has 4 aromatic rings. The van der Waals surface area contributed by atoms with E-state index in [2.05, 4.69) is 20.3 Å². The number of benzene rings is 2. The molecule has 0 radical (unpaired) electrons. The molecule has 0 atom stereocenters. The second-order valence-electron chi connectivity index (χ2n) is 7.87. The molecular weight excluding hydrogens is 479 g/mol. The molecule has 1 saturated heterocycles. The van der Waals surface area contributed by atoms with Gasteiger partial charge < -0.3 is 10.2 Å². The Morgan fingerprint density at radius 1 is 1.09 bits per heavy atom. The van der Waals surface area contributed by atoms with Gasteiger partial charge in [0.1, 0.15) is 10.8 Å². The normalized spacial score (nSPS) is 14.5. The molecule has 174 valence electrons. The van der Waals surface area contributed by atoms with Gasteiger partial charge in [0.15, 0.2) is 0 Å². The molecule has 3 heterocycles. The molecule has 0 bridgehead atoms. The van der Waals surface area contributed by atoms with Gasteiger partial charge in [-0.2, -0.15) is 9.61 Å². The number of aromatic nitrogens is 3. The fourth-order valence-corrected chi connectivity index (χ4v) is 4.87. The number of halogens is 2. The van der Waals surface area contributed by atoms with Crippen molar-refractivity contribution in [2.45, 2.75) is 6.54 Å². The zero-order chi connectivity index (χ0) is 23.7. The number of nitrogens with zero attached hydrogens (tertiary/aromatic N) is 5. The number of rotatable bonds is 4. The second-order valence-corrected chi connectivity index (χ2v) is 9.23. The van der Waals surface area contributed by atoms with Gasteiger partial charge in [-0.25, -0.2) is 14.2 Å². The lowest BCUT2D eigenvalue weighted by Gasteiger charge is -2.34. The van der Waals surface area contributed by atoms with Crippen LogP contribution in [0.3, 0.4) is 0 Å². The molecule has 1 aliphatic heterocycles. The number of carbonyl (C=O) groups excluding carboxylic acids is 1. The van der Waals surface area contributed by atoms with Crippen LogP contribution < -0.4 is 10.9 Å². The van der Waals surface area contributed by atoms with Crippen molar-refractivity contribution in [3.8, 4) is 10.6 Å². The minimum absolute atomic E-state index is 0.194. The summed E-state index contributed by atoms with van der Waals surface area (Å²) in [5, 5.41) is 8.16. The zero-order valence-corrected chi connectivity index (χ0v) is 19.5. The van der Waals surface area contributed by atoms with Gasteiger partial charge in [0, 0.05) is 44.4 Å². The highest BCUT2D eigenvalue weighted by atomic mass is 35.5. The second kappa shape index (κ2) is 9.49. The Morgan fingerprint density at radius 2 is 1.88 bits per heavy atom. The molecule has 8 nitrogen and oxygen atoms in total. The average Bonchev–Trinajstić information content (AvgIpc) is 3.26. The smallest absolute Gasteiger partial charge is 0.321 e. The van der Waals surface area contributed by atoms with Gasteiger partial charge in [-0.15, -0.1) is 0 Å². The standard InChI is InChI=1S/C23H20ClFN6O2S/c24-18-6-1-2-7-19(18)27-22(33)30-10-8-29(9-11-30)14-17-13-20(32)31-23(26-17)34-21(28-31)15-4-3-5-16(25)12-15/h1-7,12-13H,8-11,14H2,(H,27,33). The molecule has 1 N–H and O–H groups in total. The molecule has 34 heavy (non-hydrogen) atoms. The molecule has 1 aliphatic rings. The third-order valence-corrected chi connectivity index (χ3v) is 6.82. The lowest BCUT2D eigenvalue weighted by molar-refractivity contribution is 0.142. The third kappa shape index (κ3) is 4.79. The summed E-state index contributed by atoms with van der Waals surface area (Å²) in [6.45, 7) is 2.87. The van der Waals surface area contributed by atoms with Gasteiger partial charge in [0.25, 0.3) is 5.56 Å². The molecule has 11 heteroatoms. The van der Waals surface area contributed by atoms with E-state index in [4.69, 9.17) is 11.6 Å². The number of nitrogens with one attached hydrogen (secondary N) is 1. The molecule has 0 unspecified atom stereocenters. The molecule has 2 aromatic carbocycles. The zero-order valence-electron chi connectivity index (χ0n) is 17.9. The first kappa shape index (κ1) is 22.5.